The molecule has 0 atom stereocenters. The number of likely N-dealkylation sites (tertiary alicyclic amines) is 1. The summed E-state index contributed by atoms with van der Waals surface area (Å²) in [6.45, 7) is 9.98. The van der Waals surface area contributed by atoms with E-state index in [0.29, 0.717) is 19.5 Å². The van der Waals surface area contributed by atoms with Crippen molar-refractivity contribution in [3.63, 3.8) is 0 Å². The van der Waals surface area contributed by atoms with Crippen molar-refractivity contribution in [3.05, 3.63) is 28.8 Å². The van der Waals surface area contributed by atoms with E-state index in [1.165, 1.54) is 16.2 Å². The number of nitrogens with zero attached hydrogens (tertiary/aromatic N) is 3. The lowest BCUT2D eigenvalue weighted by Crippen LogP contribution is -2.55. The SMILES string of the molecule is CCC1(C)CC(=O)N(CN2CCN(c3cc(Cl)ccc3C)CC2)C(=O)C1. The van der Waals surface area contributed by atoms with Crippen LogP contribution in [0.25, 0.3) is 0 Å². The molecule has 0 aromatic heterocycles. The lowest BCUT2D eigenvalue weighted by atomic mass is 9.77. The van der Waals surface area contributed by atoms with Crippen LogP contribution in [0.4, 0.5) is 5.69 Å². The first-order valence-corrected chi connectivity index (χ1v) is 9.76. The Morgan fingerprint density at radius 1 is 1.08 bits per heavy atom. The molecule has 26 heavy (non-hydrogen) atoms. The van der Waals surface area contributed by atoms with Crippen LogP contribution in [-0.2, 0) is 9.59 Å². The van der Waals surface area contributed by atoms with Crippen LogP contribution in [0.3, 0.4) is 0 Å². The van der Waals surface area contributed by atoms with E-state index in [-0.39, 0.29) is 17.2 Å². The summed E-state index contributed by atoms with van der Waals surface area (Å²) in [6, 6.07) is 5.96. The van der Waals surface area contributed by atoms with Gasteiger partial charge in [0.05, 0.1) is 6.67 Å². The van der Waals surface area contributed by atoms with Gasteiger partial charge in [0, 0.05) is 49.7 Å². The summed E-state index contributed by atoms with van der Waals surface area (Å²) >= 11 is 6.14. The lowest BCUT2D eigenvalue weighted by molar-refractivity contribution is -0.155. The molecule has 0 radical (unpaired) electrons. The number of rotatable bonds is 4. The first-order valence-electron chi connectivity index (χ1n) is 9.38. The summed E-state index contributed by atoms with van der Waals surface area (Å²) < 4.78 is 0. The predicted octanol–water partition coefficient (Wildman–Crippen LogP) is 3.29. The second kappa shape index (κ2) is 7.57. The maximum absolute atomic E-state index is 12.5. The van der Waals surface area contributed by atoms with Crippen LogP contribution in [0.2, 0.25) is 5.02 Å². The molecule has 0 spiro atoms. The van der Waals surface area contributed by atoms with Crippen molar-refractivity contribution < 1.29 is 9.59 Å². The van der Waals surface area contributed by atoms with E-state index in [1.807, 2.05) is 32.0 Å². The van der Waals surface area contributed by atoms with Gasteiger partial charge in [0.1, 0.15) is 0 Å². The summed E-state index contributed by atoms with van der Waals surface area (Å²) in [6.07, 6.45) is 1.80. The van der Waals surface area contributed by atoms with Gasteiger partial charge in [-0.15, -0.1) is 0 Å². The van der Waals surface area contributed by atoms with Crippen molar-refractivity contribution in [1.29, 1.82) is 0 Å². The first kappa shape index (κ1) is 19.2. The fraction of sp³-hybridized carbons (Fsp3) is 0.600. The second-order valence-corrected chi connectivity index (χ2v) is 8.35. The number of piperidine rings is 1. The van der Waals surface area contributed by atoms with Gasteiger partial charge in [-0.1, -0.05) is 31.5 Å². The molecular weight excluding hydrogens is 350 g/mol. The smallest absolute Gasteiger partial charge is 0.230 e. The number of piperazine rings is 1. The number of hydrogen-bond acceptors (Lipinski definition) is 4. The molecule has 0 aliphatic carbocycles. The first-order chi connectivity index (χ1) is 12.3. The number of anilines is 1. The van der Waals surface area contributed by atoms with Crippen LogP contribution in [0.5, 0.6) is 0 Å². The van der Waals surface area contributed by atoms with E-state index >= 15 is 0 Å². The number of amides is 2. The third kappa shape index (κ3) is 4.04. The van der Waals surface area contributed by atoms with Crippen LogP contribution in [-0.4, -0.2) is 54.5 Å². The molecule has 142 valence electrons. The molecule has 2 fully saturated rings. The third-order valence-corrected chi connectivity index (χ3v) is 6.07. The minimum atomic E-state index is -0.173. The summed E-state index contributed by atoms with van der Waals surface area (Å²) in [5.41, 5.74) is 2.21. The molecule has 1 aromatic rings. The largest absolute Gasteiger partial charge is 0.369 e. The average Bonchev–Trinajstić information content (AvgIpc) is 2.61. The summed E-state index contributed by atoms with van der Waals surface area (Å²) in [7, 11) is 0. The highest BCUT2D eigenvalue weighted by molar-refractivity contribution is 6.30. The minimum absolute atomic E-state index is 0.0290. The Morgan fingerprint density at radius 2 is 1.69 bits per heavy atom. The topological polar surface area (TPSA) is 43.9 Å². The molecule has 1 aromatic carbocycles. The fourth-order valence-corrected chi connectivity index (χ4v) is 3.95. The van der Waals surface area contributed by atoms with Gasteiger partial charge in [-0.25, -0.2) is 0 Å². The molecule has 0 unspecified atom stereocenters. The lowest BCUT2D eigenvalue weighted by Gasteiger charge is -2.41. The quantitative estimate of drug-likeness (QED) is 0.755. The molecule has 0 saturated carbocycles. The average molecular weight is 378 g/mol. The molecule has 5 nitrogen and oxygen atoms in total. The highest BCUT2D eigenvalue weighted by Crippen LogP contribution is 2.35. The van der Waals surface area contributed by atoms with Gasteiger partial charge in [0.2, 0.25) is 11.8 Å². The van der Waals surface area contributed by atoms with Gasteiger partial charge < -0.3 is 4.90 Å². The summed E-state index contributed by atoms with van der Waals surface area (Å²) in [5.74, 6) is -0.0579. The Labute approximate surface area is 160 Å². The molecular formula is C20H28ClN3O2. The van der Waals surface area contributed by atoms with E-state index in [2.05, 4.69) is 16.7 Å². The fourth-order valence-electron chi connectivity index (χ4n) is 3.78. The van der Waals surface area contributed by atoms with Gasteiger partial charge in [-0.05, 0) is 36.5 Å². The number of halogens is 1. The second-order valence-electron chi connectivity index (χ2n) is 7.91. The van der Waals surface area contributed by atoms with Crippen molar-refractivity contribution in [2.24, 2.45) is 5.41 Å². The number of carbonyl (C=O) groups is 2. The van der Waals surface area contributed by atoms with Crippen molar-refractivity contribution >= 4 is 29.1 Å². The highest BCUT2D eigenvalue weighted by Gasteiger charge is 2.40. The van der Waals surface area contributed by atoms with Crippen LogP contribution in [0.1, 0.15) is 38.7 Å². The molecule has 2 aliphatic rings. The predicted molar refractivity (Wildman–Crippen MR) is 104 cm³/mol. The standard InChI is InChI=1S/C20H28ClN3O2/c1-4-20(3)12-18(25)24(19(26)13-20)14-22-7-9-23(10-8-22)17-11-16(21)6-5-15(17)2/h5-6,11H,4,7-10,12-14H2,1-3H3. The monoisotopic (exact) mass is 377 g/mol. The molecule has 2 amide bonds. The Hall–Kier alpha value is -1.59. The Balaban J connectivity index is 1.58. The minimum Gasteiger partial charge on any atom is -0.369 e. The summed E-state index contributed by atoms with van der Waals surface area (Å²) in [4.78, 5) is 30.9. The molecule has 0 N–H and O–H groups in total. The van der Waals surface area contributed by atoms with Gasteiger partial charge in [0.25, 0.3) is 0 Å². The van der Waals surface area contributed by atoms with Crippen LogP contribution in [0.15, 0.2) is 18.2 Å². The normalized spacial score (nSPS) is 21.4. The molecule has 2 saturated heterocycles. The van der Waals surface area contributed by atoms with Crippen molar-refractivity contribution in [3.8, 4) is 0 Å². The molecule has 0 bridgehead atoms. The van der Waals surface area contributed by atoms with Gasteiger partial charge in [0.15, 0.2) is 0 Å². The number of imide groups is 1. The Bertz CT molecular complexity index is 680. The van der Waals surface area contributed by atoms with Gasteiger partial charge in [-0.3, -0.25) is 19.4 Å². The number of carbonyl (C=O) groups excluding carboxylic acids is 2. The Morgan fingerprint density at radius 3 is 2.27 bits per heavy atom. The van der Waals surface area contributed by atoms with Gasteiger partial charge >= 0.3 is 0 Å². The highest BCUT2D eigenvalue weighted by atomic mass is 35.5. The third-order valence-electron chi connectivity index (χ3n) is 5.84. The van der Waals surface area contributed by atoms with E-state index in [0.717, 1.165) is 37.6 Å². The van der Waals surface area contributed by atoms with Crippen molar-refractivity contribution in [2.75, 3.05) is 37.7 Å². The zero-order valence-corrected chi connectivity index (χ0v) is 16.7. The van der Waals surface area contributed by atoms with E-state index in [4.69, 9.17) is 11.6 Å². The molecule has 2 heterocycles. The number of aryl methyl sites for hydroxylation is 1. The van der Waals surface area contributed by atoms with Gasteiger partial charge in [-0.2, -0.15) is 0 Å². The molecule has 3 rings (SSSR count). The Kier molecular flexibility index (Phi) is 5.58. The van der Waals surface area contributed by atoms with E-state index in [9.17, 15) is 9.59 Å². The van der Waals surface area contributed by atoms with Crippen LogP contribution in [0, 0.1) is 12.3 Å². The summed E-state index contributed by atoms with van der Waals surface area (Å²) in [5, 5.41) is 0.747. The maximum Gasteiger partial charge on any atom is 0.230 e. The van der Waals surface area contributed by atoms with Crippen molar-refractivity contribution in [2.45, 2.75) is 40.0 Å². The zero-order chi connectivity index (χ0) is 18.9. The van der Waals surface area contributed by atoms with E-state index in [1.54, 1.807) is 0 Å². The number of hydrogen-bond donors (Lipinski definition) is 0. The zero-order valence-electron chi connectivity index (χ0n) is 15.9. The van der Waals surface area contributed by atoms with Crippen molar-refractivity contribution in [1.82, 2.24) is 9.80 Å². The maximum atomic E-state index is 12.5. The number of benzene rings is 1. The molecule has 6 heteroatoms. The van der Waals surface area contributed by atoms with Crippen LogP contribution < -0.4 is 4.90 Å². The van der Waals surface area contributed by atoms with Crippen LogP contribution >= 0.6 is 11.6 Å². The molecule has 2 aliphatic heterocycles. The van der Waals surface area contributed by atoms with E-state index < -0.39 is 0 Å².